The molecule has 3 rings (SSSR count). The van der Waals surface area contributed by atoms with Crippen molar-refractivity contribution < 1.29 is 21.9 Å². The highest BCUT2D eigenvalue weighted by Crippen LogP contribution is 2.33. The van der Waals surface area contributed by atoms with Crippen molar-refractivity contribution in [1.29, 1.82) is 0 Å². The molecule has 0 saturated carbocycles. The van der Waals surface area contributed by atoms with Crippen molar-refractivity contribution >= 4 is 31.3 Å². The molecule has 8 heteroatoms. The zero-order valence-electron chi connectivity index (χ0n) is 13.2. The lowest BCUT2D eigenvalue weighted by Gasteiger charge is -2.10. The minimum Gasteiger partial charge on any atom is -0.507 e. The normalized spacial score (nSPS) is 12.0. The summed E-state index contributed by atoms with van der Waals surface area (Å²) < 4.78 is 51.0. The number of phenolic OH excluding ortho intramolecular Hbond substituents is 1. The summed E-state index contributed by atoms with van der Waals surface area (Å²) in [5.41, 5.74) is 0. The van der Waals surface area contributed by atoms with E-state index in [2.05, 4.69) is 0 Å². The summed E-state index contributed by atoms with van der Waals surface area (Å²) in [6.07, 6.45) is 0. The molecule has 0 saturated heterocycles. The van der Waals surface area contributed by atoms with Gasteiger partial charge in [0.15, 0.2) is 0 Å². The third kappa shape index (κ3) is 3.33. The molecule has 3 aromatic carbocycles. The quantitative estimate of drug-likeness (QED) is 0.710. The SMILES string of the molecule is O=S(=O)(c1ccccc1)c1ccc(O)c(S(=O)(=O)c2ccc(Cl)cc2)c1. The van der Waals surface area contributed by atoms with Crippen LogP contribution >= 0.6 is 11.6 Å². The molecule has 0 aliphatic heterocycles. The number of hydrogen-bond donors (Lipinski definition) is 1. The summed E-state index contributed by atoms with van der Waals surface area (Å²) in [5.74, 6) is -0.535. The standard InChI is InChI=1S/C18H13ClO5S2/c19-13-6-8-15(9-7-13)26(23,24)18-12-16(10-11-17(18)20)25(21,22)14-4-2-1-3-5-14/h1-12,20H. The molecule has 0 spiro atoms. The Morgan fingerprint density at radius 3 is 1.81 bits per heavy atom. The molecule has 0 heterocycles. The number of sulfone groups is 2. The molecule has 0 fully saturated rings. The number of phenols is 1. The van der Waals surface area contributed by atoms with E-state index in [1.54, 1.807) is 18.2 Å². The van der Waals surface area contributed by atoms with Crippen molar-refractivity contribution in [2.24, 2.45) is 0 Å². The monoisotopic (exact) mass is 408 g/mol. The summed E-state index contributed by atoms with van der Waals surface area (Å²) in [7, 11) is -8.05. The molecule has 3 aromatic rings. The fourth-order valence-corrected chi connectivity index (χ4v) is 5.24. The zero-order valence-corrected chi connectivity index (χ0v) is 15.6. The van der Waals surface area contributed by atoms with Gasteiger partial charge in [-0.3, -0.25) is 0 Å². The van der Waals surface area contributed by atoms with E-state index < -0.39 is 30.3 Å². The molecule has 0 aromatic heterocycles. The largest absolute Gasteiger partial charge is 0.507 e. The highest BCUT2D eigenvalue weighted by atomic mass is 35.5. The lowest BCUT2D eigenvalue weighted by Crippen LogP contribution is -2.06. The van der Waals surface area contributed by atoms with Crippen molar-refractivity contribution in [2.75, 3.05) is 0 Å². The van der Waals surface area contributed by atoms with Gasteiger partial charge in [-0.2, -0.15) is 0 Å². The molecule has 1 N–H and O–H groups in total. The van der Waals surface area contributed by atoms with Gasteiger partial charge in [0.05, 0.1) is 14.7 Å². The van der Waals surface area contributed by atoms with Crippen LogP contribution in [0.5, 0.6) is 5.75 Å². The van der Waals surface area contributed by atoms with Crippen LogP contribution in [0.15, 0.2) is 92.4 Å². The Morgan fingerprint density at radius 2 is 1.19 bits per heavy atom. The number of rotatable bonds is 4. The predicted molar refractivity (Wildman–Crippen MR) is 96.9 cm³/mol. The van der Waals surface area contributed by atoms with Crippen LogP contribution in [0.2, 0.25) is 5.02 Å². The summed E-state index contributed by atoms with van der Waals surface area (Å²) in [6, 6.07) is 16.2. The van der Waals surface area contributed by atoms with Gasteiger partial charge in [0.25, 0.3) is 0 Å². The molecule has 5 nitrogen and oxygen atoms in total. The van der Waals surface area contributed by atoms with E-state index in [1.165, 1.54) is 42.5 Å². The zero-order chi connectivity index (χ0) is 18.9. The topological polar surface area (TPSA) is 88.5 Å². The molecule has 26 heavy (non-hydrogen) atoms. The fraction of sp³-hybridized carbons (Fsp3) is 0. The van der Waals surface area contributed by atoms with Crippen molar-refractivity contribution in [2.45, 2.75) is 19.6 Å². The second-order valence-electron chi connectivity index (χ2n) is 5.40. The third-order valence-electron chi connectivity index (χ3n) is 3.71. The average molecular weight is 409 g/mol. The lowest BCUT2D eigenvalue weighted by atomic mass is 10.3. The van der Waals surface area contributed by atoms with Gasteiger partial charge < -0.3 is 5.11 Å². The summed E-state index contributed by atoms with van der Waals surface area (Å²) in [5, 5.41) is 10.4. The van der Waals surface area contributed by atoms with Gasteiger partial charge >= 0.3 is 0 Å². The second kappa shape index (κ2) is 6.75. The molecule has 0 amide bonds. The van der Waals surface area contributed by atoms with Crippen molar-refractivity contribution in [3.05, 3.63) is 77.8 Å². The Labute approximate surface area is 156 Å². The summed E-state index contributed by atoms with van der Waals surface area (Å²) in [6.45, 7) is 0. The molecule has 0 bridgehead atoms. The molecular formula is C18H13ClO5S2. The van der Waals surface area contributed by atoms with E-state index in [1.807, 2.05) is 0 Å². The summed E-state index contributed by atoms with van der Waals surface area (Å²) in [4.78, 5) is -0.794. The van der Waals surface area contributed by atoms with Crippen LogP contribution < -0.4 is 0 Å². The Bertz CT molecular complexity index is 1150. The van der Waals surface area contributed by atoms with Gasteiger partial charge in [0, 0.05) is 5.02 Å². The smallest absolute Gasteiger partial charge is 0.210 e. The van der Waals surface area contributed by atoms with Gasteiger partial charge in [0.1, 0.15) is 10.6 Å². The summed E-state index contributed by atoms with van der Waals surface area (Å²) >= 11 is 5.77. The second-order valence-corrected chi connectivity index (χ2v) is 9.71. The van der Waals surface area contributed by atoms with E-state index in [0.717, 1.165) is 12.1 Å². The lowest BCUT2D eigenvalue weighted by molar-refractivity contribution is 0.458. The maximum absolute atomic E-state index is 12.8. The van der Waals surface area contributed by atoms with Crippen LogP contribution in [0.1, 0.15) is 0 Å². The molecule has 134 valence electrons. The Balaban J connectivity index is 2.16. The predicted octanol–water partition coefficient (Wildman–Crippen LogP) is 3.71. The molecule has 0 atom stereocenters. The van der Waals surface area contributed by atoms with E-state index in [0.29, 0.717) is 5.02 Å². The Kier molecular flexibility index (Phi) is 4.79. The third-order valence-corrected chi connectivity index (χ3v) is 7.53. The minimum atomic E-state index is -4.12. The van der Waals surface area contributed by atoms with Crippen molar-refractivity contribution in [3.8, 4) is 5.75 Å². The molecular weight excluding hydrogens is 396 g/mol. The van der Waals surface area contributed by atoms with Crippen molar-refractivity contribution in [3.63, 3.8) is 0 Å². The van der Waals surface area contributed by atoms with Crippen LogP contribution in [0.25, 0.3) is 0 Å². The van der Waals surface area contributed by atoms with Gasteiger partial charge in [-0.15, -0.1) is 0 Å². The van der Waals surface area contributed by atoms with Crippen LogP contribution in [0.4, 0.5) is 0 Å². The first kappa shape index (κ1) is 18.4. The van der Waals surface area contributed by atoms with Crippen LogP contribution in [-0.2, 0) is 19.7 Å². The van der Waals surface area contributed by atoms with Crippen LogP contribution in [0, 0.1) is 0 Å². The average Bonchev–Trinajstić information content (AvgIpc) is 2.63. The number of halogens is 1. The van der Waals surface area contributed by atoms with E-state index in [4.69, 9.17) is 11.6 Å². The molecule has 0 radical (unpaired) electrons. The number of hydrogen-bond acceptors (Lipinski definition) is 5. The first-order valence-electron chi connectivity index (χ1n) is 7.37. The maximum Gasteiger partial charge on any atom is 0.210 e. The molecule has 0 aliphatic carbocycles. The molecule has 0 aliphatic rings. The van der Waals surface area contributed by atoms with Gasteiger partial charge in [0.2, 0.25) is 19.7 Å². The first-order valence-corrected chi connectivity index (χ1v) is 10.7. The van der Waals surface area contributed by atoms with Gasteiger partial charge in [-0.25, -0.2) is 16.8 Å². The van der Waals surface area contributed by atoms with E-state index >= 15 is 0 Å². The van der Waals surface area contributed by atoms with Gasteiger partial charge in [-0.1, -0.05) is 29.8 Å². The Hall–Kier alpha value is -2.35. The fourth-order valence-electron chi connectivity index (χ4n) is 2.35. The van der Waals surface area contributed by atoms with E-state index in [9.17, 15) is 21.9 Å². The van der Waals surface area contributed by atoms with Crippen molar-refractivity contribution in [1.82, 2.24) is 0 Å². The van der Waals surface area contributed by atoms with E-state index in [-0.39, 0.29) is 14.7 Å². The number of aromatic hydroxyl groups is 1. The number of benzene rings is 3. The maximum atomic E-state index is 12.8. The highest BCUT2D eigenvalue weighted by molar-refractivity contribution is 7.92. The van der Waals surface area contributed by atoms with Crippen LogP contribution in [0.3, 0.4) is 0 Å². The van der Waals surface area contributed by atoms with Gasteiger partial charge in [-0.05, 0) is 54.6 Å². The molecule has 0 unspecified atom stereocenters. The highest BCUT2D eigenvalue weighted by Gasteiger charge is 2.25. The Morgan fingerprint density at radius 1 is 0.654 bits per heavy atom. The van der Waals surface area contributed by atoms with Crippen LogP contribution in [-0.4, -0.2) is 21.9 Å². The minimum absolute atomic E-state index is 0.0283. The first-order chi connectivity index (χ1) is 12.2.